The van der Waals surface area contributed by atoms with Crippen molar-refractivity contribution >= 4 is 26.0 Å². The first kappa shape index (κ1) is 12.7. The summed E-state index contributed by atoms with van der Waals surface area (Å²) in [6.45, 7) is 1.62. The molecule has 1 unspecified atom stereocenters. The van der Waals surface area contributed by atoms with Crippen molar-refractivity contribution in [2.75, 3.05) is 11.1 Å². The Morgan fingerprint density at radius 1 is 1.33 bits per heavy atom. The van der Waals surface area contributed by atoms with E-state index in [9.17, 15) is 8.42 Å². The monoisotopic (exact) mass is 291 g/mol. The average Bonchev–Trinajstić information content (AvgIpc) is 2.27. The minimum absolute atomic E-state index is 0.101. The average molecular weight is 292 g/mol. The van der Waals surface area contributed by atoms with Gasteiger partial charge in [0.15, 0.2) is 0 Å². The van der Waals surface area contributed by atoms with Gasteiger partial charge < -0.3 is 0 Å². The van der Waals surface area contributed by atoms with Gasteiger partial charge in [0.1, 0.15) is 0 Å². The number of sulfonamides is 1. The molecule has 0 saturated carbocycles. The molecule has 1 aromatic carbocycles. The number of hydrogen-bond donors (Lipinski definition) is 1. The van der Waals surface area contributed by atoms with Crippen LogP contribution in [0.4, 0.5) is 0 Å². The van der Waals surface area contributed by atoms with Crippen molar-refractivity contribution in [3.05, 3.63) is 35.9 Å². The summed E-state index contributed by atoms with van der Waals surface area (Å²) in [4.78, 5) is 0. The summed E-state index contributed by atoms with van der Waals surface area (Å²) in [6.07, 6.45) is 0. The molecule has 0 aliphatic heterocycles. The van der Waals surface area contributed by atoms with Gasteiger partial charge in [0, 0.05) is 5.33 Å². The highest BCUT2D eigenvalue weighted by atomic mass is 79.9. The summed E-state index contributed by atoms with van der Waals surface area (Å²) in [5, 5.41) is 0.566. The Balaban J connectivity index is 2.83. The first-order valence-corrected chi connectivity index (χ1v) is 7.47. The van der Waals surface area contributed by atoms with E-state index >= 15 is 0 Å². The number of alkyl halides is 1. The SMILES string of the molecule is CCS(=O)(=O)NC(CBr)c1ccccc1. The Morgan fingerprint density at radius 2 is 1.93 bits per heavy atom. The van der Waals surface area contributed by atoms with Gasteiger partial charge in [-0.05, 0) is 12.5 Å². The number of rotatable bonds is 5. The lowest BCUT2D eigenvalue weighted by Crippen LogP contribution is -2.30. The maximum absolute atomic E-state index is 11.4. The second-order valence-corrected chi connectivity index (χ2v) is 5.83. The van der Waals surface area contributed by atoms with Crippen molar-refractivity contribution in [1.29, 1.82) is 0 Å². The van der Waals surface area contributed by atoms with Gasteiger partial charge in [0.25, 0.3) is 0 Å². The number of hydrogen-bond acceptors (Lipinski definition) is 2. The quantitative estimate of drug-likeness (QED) is 0.844. The zero-order chi connectivity index (χ0) is 11.3. The van der Waals surface area contributed by atoms with E-state index in [-0.39, 0.29) is 11.8 Å². The van der Waals surface area contributed by atoms with Crippen LogP contribution in [0, 0.1) is 0 Å². The minimum atomic E-state index is -3.16. The zero-order valence-electron chi connectivity index (χ0n) is 8.48. The topological polar surface area (TPSA) is 46.2 Å². The Bertz CT molecular complexity index is 391. The van der Waals surface area contributed by atoms with E-state index in [1.807, 2.05) is 30.3 Å². The Hall–Kier alpha value is -0.390. The van der Waals surface area contributed by atoms with Crippen LogP contribution >= 0.6 is 15.9 Å². The molecule has 0 heterocycles. The van der Waals surface area contributed by atoms with Gasteiger partial charge in [-0.3, -0.25) is 0 Å². The first-order valence-electron chi connectivity index (χ1n) is 4.70. The summed E-state index contributed by atoms with van der Waals surface area (Å²) < 4.78 is 25.5. The van der Waals surface area contributed by atoms with Crippen LogP contribution in [0.2, 0.25) is 0 Å². The highest BCUT2D eigenvalue weighted by molar-refractivity contribution is 9.09. The van der Waals surface area contributed by atoms with Crippen LogP contribution in [-0.4, -0.2) is 19.5 Å². The molecule has 1 N–H and O–H groups in total. The van der Waals surface area contributed by atoms with Crippen LogP contribution in [0.5, 0.6) is 0 Å². The van der Waals surface area contributed by atoms with Gasteiger partial charge in [-0.25, -0.2) is 13.1 Å². The molecule has 5 heteroatoms. The maximum Gasteiger partial charge on any atom is 0.211 e. The molecule has 0 aromatic heterocycles. The highest BCUT2D eigenvalue weighted by Gasteiger charge is 2.16. The number of nitrogens with one attached hydrogen (secondary N) is 1. The summed E-state index contributed by atoms with van der Waals surface area (Å²) in [5.74, 6) is 0.101. The Morgan fingerprint density at radius 3 is 2.40 bits per heavy atom. The van der Waals surface area contributed by atoms with Crippen molar-refractivity contribution < 1.29 is 8.42 Å². The summed E-state index contributed by atoms with van der Waals surface area (Å²) in [7, 11) is -3.16. The Kier molecular flexibility index (Phi) is 4.76. The van der Waals surface area contributed by atoms with E-state index in [2.05, 4.69) is 20.7 Å². The van der Waals surface area contributed by atoms with Crippen molar-refractivity contribution in [2.24, 2.45) is 0 Å². The molecule has 0 bridgehead atoms. The number of benzene rings is 1. The second-order valence-electron chi connectivity index (χ2n) is 3.14. The predicted molar refractivity (Wildman–Crippen MR) is 65.6 cm³/mol. The fraction of sp³-hybridized carbons (Fsp3) is 0.400. The summed E-state index contributed by atoms with van der Waals surface area (Å²) in [6, 6.07) is 9.31. The molecule has 0 amide bonds. The fourth-order valence-corrected chi connectivity index (χ4v) is 2.74. The van der Waals surface area contributed by atoms with Crippen LogP contribution in [0.15, 0.2) is 30.3 Å². The van der Waals surface area contributed by atoms with Crippen molar-refractivity contribution in [3.8, 4) is 0 Å². The maximum atomic E-state index is 11.4. The van der Waals surface area contributed by atoms with E-state index in [0.29, 0.717) is 5.33 Å². The normalized spacial score (nSPS) is 13.7. The van der Waals surface area contributed by atoms with Crippen molar-refractivity contribution in [3.63, 3.8) is 0 Å². The first-order chi connectivity index (χ1) is 7.09. The van der Waals surface area contributed by atoms with E-state index in [4.69, 9.17) is 0 Å². The lowest BCUT2D eigenvalue weighted by Gasteiger charge is -2.15. The molecular weight excluding hydrogens is 278 g/mol. The van der Waals surface area contributed by atoms with Gasteiger partial charge in [-0.15, -0.1) is 0 Å². The smallest absolute Gasteiger partial charge is 0.211 e. The van der Waals surface area contributed by atoms with Gasteiger partial charge in [-0.1, -0.05) is 46.3 Å². The van der Waals surface area contributed by atoms with Crippen LogP contribution in [-0.2, 0) is 10.0 Å². The minimum Gasteiger partial charge on any atom is -0.212 e. The molecule has 0 spiro atoms. The number of halogens is 1. The molecule has 3 nitrogen and oxygen atoms in total. The third kappa shape index (κ3) is 3.93. The molecule has 0 saturated heterocycles. The molecule has 15 heavy (non-hydrogen) atoms. The molecule has 1 rings (SSSR count). The van der Waals surface area contributed by atoms with Crippen molar-refractivity contribution in [1.82, 2.24) is 4.72 Å². The third-order valence-electron chi connectivity index (χ3n) is 2.06. The molecular formula is C10H14BrNO2S. The molecule has 0 aliphatic carbocycles. The van der Waals surface area contributed by atoms with E-state index in [1.165, 1.54) is 0 Å². The predicted octanol–water partition coefficient (Wildman–Crippen LogP) is 2.06. The zero-order valence-corrected chi connectivity index (χ0v) is 10.9. The van der Waals surface area contributed by atoms with Crippen molar-refractivity contribution in [2.45, 2.75) is 13.0 Å². The fourth-order valence-electron chi connectivity index (χ4n) is 1.17. The van der Waals surface area contributed by atoms with E-state index in [1.54, 1.807) is 6.92 Å². The van der Waals surface area contributed by atoms with Crippen LogP contribution in [0.25, 0.3) is 0 Å². The molecule has 1 atom stereocenters. The lowest BCUT2D eigenvalue weighted by atomic mass is 10.1. The van der Waals surface area contributed by atoms with E-state index in [0.717, 1.165) is 5.56 Å². The highest BCUT2D eigenvalue weighted by Crippen LogP contribution is 2.15. The molecule has 0 aliphatic rings. The van der Waals surface area contributed by atoms with Gasteiger partial charge >= 0.3 is 0 Å². The third-order valence-corrected chi connectivity index (χ3v) is 4.11. The lowest BCUT2D eigenvalue weighted by molar-refractivity contribution is 0.570. The van der Waals surface area contributed by atoms with Crippen LogP contribution < -0.4 is 4.72 Å². The largest absolute Gasteiger partial charge is 0.212 e. The molecule has 0 fully saturated rings. The molecule has 84 valence electrons. The standard InChI is InChI=1S/C10H14BrNO2S/c1-2-15(13,14)12-10(8-11)9-6-4-3-5-7-9/h3-7,10,12H,2,8H2,1H3. The summed E-state index contributed by atoms with van der Waals surface area (Å²) in [5.41, 5.74) is 0.964. The van der Waals surface area contributed by atoms with Crippen LogP contribution in [0.1, 0.15) is 18.5 Å². The Labute approximate surface area is 99.1 Å². The van der Waals surface area contributed by atoms with Gasteiger partial charge in [0.05, 0.1) is 11.8 Å². The molecule has 1 aromatic rings. The summed E-state index contributed by atoms with van der Waals surface area (Å²) >= 11 is 3.31. The van der Waals surface area contributed by atoms with Gasteiger partial charge in [0.2, 0.25) is 10.0 Å². The van der Waals surface area contributed by atoms with E-state index < -0.39 is 10.0 Å². The second kappa shape index (κ2) is 5.63. The van der Waals surface area contributed by atoms with Crippen LogP contribution in [0.3, 0.4) is 0 Å². The van der Waals surface area contributed by atoms with Gasteiger partial charge in [-0.2, -0.15) is 0 Å². The molecule has 0 radical (unpaired) electrons.